The summed E-state index contributed by atoms with van der Waals surface area (Å²) in [6.07, 6.45) is -0.401. The minimum atomic E-state index is -4.79. The van der Waals surface area contributed by atoms with Crippen LogP contribution in [0, 0.1) is 19.3 Å². The number of likely N-dealkylation sites (N-methyl/N-ethyl adjacent to an activating group) is 1. The lowest BCUT2D eigenvalue weighted by molar-refractivity contribution is -0.141. The van der Waals surface area contributed by atoms with Crippen LogP contribution in [0.4, 0.5) is 22.6 Å². The summed E-state index contributed by atoms with van der Waals surface area (Å²) in [5.74, 6) is -1.72. The van der Waals surface area contributed by atoms with Gasteiger partial charge >= 0.3 is 6.18 Å². The van der Waals surface area contributed by atoms with E-state index in [4.69, 9.17) is 6.57 Å². The van der Waals surface area contributed by atoms with Gasteiger partial charge in [-0.2, -0.15) is 29.6 Å². The Balaban J connectivity index is 1.91. The lowest BCUT2D eigenvalue weighted by Gasteiger charge is -2.34. The molecule has 2 aromatic heterocycles. The van der Waals surface area contributed by atoms with E-state index in [2.05, 4.69) is 15.3 Å². The van der Waals surface area contributed by atoms with E-state index in [1.54, 1.807) is 37.9 Å². The Morgan fingerprint density at radius 3 is 2.76 bits per heavy atom. The van der Waals surface area contributed by atoms with Gasteiger partial charge in [0.2, 0.25) is 10.9 Å². The molecule has 200 valence electrons. The summed E-state index contributed by atoms with van der Waals surface area (Å²) >= 11 is 1.26. The van der Waals surface area contributed by atoms with E-state index in [0.29, 0.717) is 16.1 Å². The SMILES string of the molecule is [C-]#[N+]c1sc2c(c1C)[C@H](c1cccc(F)c1-c1cn(CC)nc1C(F)(F)F)CN(C(=O)/C=C/[C@@H](C)NC)C2. The summed E-state index contributed by atoms with van der Waals surface area (Å²) in [5.41, 5.74) is 0.0721. The molecular weight excluding hydrogens is 518 g/mol. The molecule has 1 aromatic carbocycles. The molecule has 1 amide bonds. The van der Waals surface area contributed by atoms with E-state index in [9.17, 15) is 18.0 Å². The van der Waals surface area contributed by atoms with Gasteiger partial charge in [-0.25, -0.2) is 9.24 Å². The average molecular weight is 546 g/mol. The molecule has 4 rings (SSSR count). The second-order valence-corrected chi connectivity index (χ2v) is 10.2. The number of fused-ring (bicyclic) bond motifs is 1. The fourth-order valence-electron chi connectivity index (χ4n) is 4.74. The Morgan fingerprint density at radius 2 is 2.13 bits per heavy atom. The molecule has 1 aliphatic heterocycles. The lowest BCUT2D eigenvalue weighted by Crippen LogP contribution is -2.37. The zero-order valence-electron chi connectivity index (χ0n) is 21.4. The molecule has 0 saturated heterocycles. The molecule has 38 heavy (non-hydrogen) atoms. The number of halogens is 4. The molecule has 6 nitrogen and oxygen atoms in total. The van der Waals surface area contributed by atoms with Crippen molar-refractivity contribution in [2.75, 3.05) is 13.6 Å². The van der Waals surface area contributed by atoms with Gasteiger partial charge in [0, 0.05) is 53.3 Å². The second-order valence-electron chi connectivity index (χ2n) is 9.14. The standard InChI is InChI=1S/C27H27F4N5OS/c1-6-36-13-19(25(34-36)27(29,30)31)24-17(8-7-9-20(24)28)18-12-35(22(37)11-10-15(2)32-4)14-21-23(18)16(3)26(33-5)38-21/h7-11,13,15,18,32H,6,12,14H2,1-4H3/b11-10+/t15-,18+/m1/s1. The highest BCUT2D eigenvalue weighted by Crippen LogP contribution is 2.48. The molecule has 0 saturated carbocycles. The first-order valence-corrected chi connectivity index (χ1v) is 12.9. The minimum absolute atomic E-state index is 0.0430. The molecule has 0 radical (unpaired) electrons. The highest BCUT2D eigenvalue weighted by atomic mass is 32.1. The first-order valence-electron chi connectivity index (χ1n) is 12.1. The monoisotopic (exact) mass is 545 g/mol. The molecule has 2 atom stereocenters. The minimum Gasteiger partial charge on any atom is -0.333 e. The number of amides is 1. The van der Waals surface area contributed by atoms with E-state index in [1.165, 1.54) is 29.7 Å². The summed E-state index contributed by atoms with van der Waals surface area (Å²) in [6, 6.07) is 4.14. The summed E-state index contributed by atoms with van der Waals surface area (Å²) in [6.45, 7) is 13.5. The first-order chi connectivity index (χ1) is 18.0. The number of nitrogens with zero attached hydrogens (tertiary/aromatic N) is 4. The molecule has 3 aromatic rings. The predicted molar refractivity (Wildman–Crippen MR) is 139 cm³/mol. The van der Waals surface area contributed by atoms with Crippen molar-refractivity contribution in [2.24, 2.45) is 0 Å². The van der Waals surface area contributed by atoms with Crippen molar-refractivity contribution in [3.8, 4) is 11.1 Å². The van der Waals surface area contributed by atoms with E-state index in [-0.39, 0.29) is 42.7 Å². The van der Waals surface area contributed by atoms with E-state index < -0.39 is 23.6 Å². The van der Waals surface area contributed by atoms with Crippen LogP contribution in [0.15, 0.2) is 36.5 Å². The topological polar surface area (TPSA) is 54.5 Å². The zero-order valence-corrected chi connectivity index (χ0v) is 22.2. The van der Waals surface area contributed by atoms with Crippen LogP contribution in [0.3, 0.4) is 0 Å². The van der Waals surface area contributed by atoms with Gasteiger partial charge in [-0.3, -0.25) is 9.48 Å². The zero-order chi connectivity index (χ0) is 27.8. The molecule has 0 fully saturated rings. The number of hydrogen-bond acceptors (Lipinski definition) is 4. The Bertz CT molecular complexity index is 1430. The van der Waals surface area contributed by atoms with Gasteiger partial charge in [0.25, 0.3) is 0 Å². The fourth-order valence-corrected chi connectivity index (χ4v) is 5.91. The van der Waals surface area contributed by atoms with Gasteiger partial charge in [0.15, 0.2) is 5.69 Å². The normalized spacial score (nSPS) is 16.5. The number of nitrogens with one attached hydrogen (secondary N) is 1. The Labute approximate surface area is 222 Å². The summed E-state index contributed by atoms with van der Waals surface area (Å²) in [5, 5.41) is 7.15. The van der Waals surface area contributed by atoms with Crippen LogP contribution >= 0.6 is 11.3 Å². The molecule has 0 aliphatic carbocycles. The maximum atomic E-state index is 15.5. The highest BCUT2D eigenvalue weighted by Gasteiger charge is 2.40. The second kappa shape index (κ2) is 10.7. The first kappa shape index (κ1) is 27.5. The van der Waals surface area contributed by atoms with Crippen molar-refractivity contribution < 1.29 is 22.4 Å². The summed E-state index contributed by atoms with van der Waals surface area (Å²) in [7, 11) is 1.77. The maximum absolute atomic E-state index is 15.5. The largest absolute Gasteiger partial charge is 0.435 e. The van der Waals surface area contributed by atoms with Crippen molar-refractivity contribution >= 4 is 22.2 Å². The van der Waals surface area contributed by atoms with Crippen LogP contribution < -0.4 is 5.32 Å². The number of hydrogen-bond donors (Lipinski definition) is 1. The number of rotatable bonds is 6. The van der Waals surface area contributed by atoms with E-state index in [1.807, 2.05) is 6.92 Å². The quantitative estimate of drug-likeness (QED) is 0.225. The number of alkyl halides is 3. The molecule has 0 spiro atoms. The number of aryl methyl sites for hydroxylation is 1. The van der Waals surface area contributed by atoms with Gasteiger partial charge in [-0.15, -0.1) is 0 Å². The van der Waals surface area contributed by atoms with Gasteiger partial charge in [0.1, 0.15) is 5.82 Å². The van der Waals surface area contributed by atoms with Crippen molar-refractivity contribution in [2.45, 2.75) is 52.0 Å². The molecule has 0 bridgehead atoms. The Kier molecular flexibility index (Phi) is 7.76. The van der Waals surface area contributed by atoms with E-state index in [0.717, 1.165) is 21.2 Å². The summed E-state index contributed by atoms with van der Waals surface area (Å²) < 4.78 is 58.6. The van der Waals surface area contributed by atoms with Crippen LogP contribution in [0.2, 0.25) is 0 Å². The van der Waals surface area contributed by atoms with Crippen LogP contribution in [0.1, 0.15) is 47.0 Å². The third kappa shape index (κ3) is 5.11. The number of aromatic nitrogens is 2. The van der Waals surface area contributed by atoms with Crippen LogP contribution in [-0.4, -0.2) is 40.2 Å². The number of carbonyl (C=O) groups excluding carboxylic acids is 1. The molecule has 1 aliphatic rings. The van der Waals surface area contributed by atoms with Crippen LogP contribution in [0.25, 0.3) is 16.0 Å². The lowest BCUT2D eigenvalue weighted by atomic mass is 9.82. The smallest absolute Gasteiger partial charge is 0.333 e. The van der Waals surface area contributed by atoms with Crippen molar-refractivity contribution in [3.05, 3.63) is 81.0 Å². The van der Waals surface area contributed by atoms with Gasteiger partial charge in [0.05, 0.1) is 13.1 Å². The average Bonchev–Trinajstić information content (AvgIpc) is 3.47. The van der Waals surface area contributed by atoms with Crippen molar-refractivity contribution in [3.63, 3.8) is 0 Å². The third-order valence-electron chi connectivity index (χ3n) is 6.77. The molecular formula is C27H27F4N5OS. The predicted octanol–water partition coefficient (Wildman–Crippen LogP) is 6.29. The Hall–Kier alpha value is -3.49. The molecule has 0 unspecified atom stereocenters. The highest BCUT2D eigenvalue weighted by molar-refractivity contribution is 7.16. The van der Waals surface area contributed by atoms with Gasteiger partial charge < -0.3 is 10.2 Å². The molecule has 11 heteroatoms. The molecule has 3 heterocycles. The maximum Gasteiger partial charge on any atom is 0.435 e. The number of benzene rings is 1. The van der Waals surface area contributed by atoms with Gasteiger partial charge in [-0.1, -0.05) is 18.2 Å². The Morgan fingerprint density at radius 1 is 1.39 bits per heavy atom. The van der Waals surface area contributed by atoms with E-state index >= 15 is 4.39 Å². The number of carbonyl (C=O) groups is 1. The number of thiophene rings is 1. The third-order valence-corrected chi connectivity index (χ3v) is 7.96. The van der Waals surface area contributed by atoms with Crippen LogP contribution in [-0.2, 0) is 24.1 Å². The van der Waals surface area contributed by atoms with Crippen molar-refractivity contribution in [1.82, 2.24) is 20.0 Å². The van der Waals surface area contributed by atoms with Crippen LogP contribution in [0.5, 0.6) is 0 Å². The summed E-state index contributed by atoms with van der Waals surface area (Å²) in [4.78, 5) is 19.1. The molecule has 1 N–H and O–H groups in total. The fraction of sp³-hybridized carbons (Fsp3) is 0.370. The van der Waals surface area contributed by atoms with Gasteiger partial charge in [-0.05, 0) is 50.6 Å². The van der Waals surface area contributed by atoms with Crippen molar-refractivity contribution in [1.29, 1.82) is 0 Å².